The van der Waals surface area contributed by atoms with Crippen LogP contribution < -0.4 is 5.73 Å². The third kappa shape index (κ3) is 2.58. The van der Waals surface area contributed by atoms with Crippen LogP contribution in [0.15, 0.2) is 4.52 Å². The van der Waals surface area contributed by atoms with Gasteiger partial charge >= 0.3 is 0 Å². The summed E-state index contributed by atoms with van der Waals surface area (Å²) in [6.45, 7) is 0.913. The number of nitrogens with two attached hydrogens (primary N) is 1. The van der Waals surface area contributed by atoms with E-state index in [0.29, 0.717) is 5.89 Å². The van der Waals surface area contributed by atoms with Crippen LogP contribution in [0.5, 0.6) is 0 Å². The Bertz CT molecular complexity index is 602. The highest BCUT2D eigenvalue weighted by atomic mass is 32.1. The lowest BCUT2D eigenvalue weighted by Crippen LogP contribution is -2.15. The first kappa shape index (κ1) is 13.6. The van der Waals surface area contributed by atoms with Gasteiger partial charge in [-0.1, -0.05) is 5.16 Å². The summed E-state index contributed by atoms with van der Waals surface area (Å²) in [5.74, 6) is 1.35. The number of thiophene rings is 1. The Balaban J connectivity index is 1.88. The number of anilines is 1. The second-order valence-corrected chi connectivity index (χ2v) is 6.66. The molecule has 3 rings (SSSR count). The maximum Gasteiger partial charge on any atom is 0.261 e. The normalized spacial score (nSPS) is 14.8. The molecule has 20 heavy (non-hydrogen) atoms. The van der Waals surface area contributed by atoms with Crippen LogP contribution >= 0.6 is 11.3 Å². The molecule has 2 N–H and O–H groups in total. The van der Waals surface area contributed by atoms with Gasteiger partial charge in [0.1, 0.15) is 0 Å². The Morgan fingerprint density at radius 2 is 2.10 bits per heavy atom. The molecule has 5 nitrogen and oxygen atoms in total. The van der Waals surface area contributed by atoms with Gasteiger partial charge in [-0.05, 0) is 45.3 Å². The number of fused-ring (bicyclic) bond motifs is 1. The molecular formula is C14H20N4OS. The van der Waals surface area contributed by atoms with E-state index in [4.69, 9.17) is 10.3 Å². The first-order valence-electron chi connectivity index (χ1n) is 7.03. The van der Waals surface area contributed by atoms with E-state index in [2.05, 4.69) is 15.0 Å². The van der Waals surface area contributed by atoms with Gasteiger partial charge < -0.3 is 15.2 Å². The van der Waals surface area contributed by atoms with E-state index in [-0.39, 0.29) is 0 Å². The molecule has 0 saturated carbocycles. The molecular weight excluding hydrogens is 272 g/mol. The zero-order chi connectivity index (χ0) is 14.1. The molecule has 0 unspecified atom stereocenters. The Morgan fingerprint density at radius 3 is 2.90 bits per heavy atom. The van der Waals surface area contributed by atoms with Crippen LogP contribution in [0.2, 0.25) is 0 Å². The molecule has 1 aliphatic rings. The molecule has 0 aromatic carbocycles. The predicted octanol–water partition coefficient (Wildman–Crippen LogP) is 2.36. The van der Waals surface area contributed by atoms with Crippen molar-refractivity contribution in [2.24, 2.45) is 0 Å². The number of likely N-dealkylation sites (N-methyl/N-ethyl adjacent to an activating group) is 1. The summed E-state index contributed by atoms with van der Waals surface area (Å²) in [5.41, 5.74) is 8.50. The van der Waals surface area contributed by atoms with Gasteiger partial charge in [-0.2, -0.15) is 4.98 Å². The van der Waals surface area contributed by atoms with Crippen LogP contribution in [0, 0.1) is 0 Å². The van der Waals surface area contributed by atoms with Gasteiger partial charge in [0, 0.05) is 17.8 Å². The number of hydrogen-bond donors (Lipinski definition) is 1. The molecule has 0 radical (unpaired) electrons. The molecule has 2 aromatic rings. The second-order valence-electron chi connectivity index (χ2n) is 5.52. The fourth-order valence-corrected chi connectivity index (χ4v) is 3.75. The molecule has 2 aromatic heterocycles. The van der Waals surface area contributed by atoms with E-state index >= 15 is 0 Å². The number of aryl methyl sites for hydroxylation is 1. The highest BCUT2D eigenvalue weighted by Crippen LogP contribution is 2.41. The molecule has 2 heterocycles. The molecule has 0 amide bonds. The van der Waals surface area contributed by atoms with Gasteiger partial charge in [0.25, 0.3) is 5.89 Å². The van der Waals surface area contributed by atoms with Gasteiger partial charge in [0.05, 0.1) is 10.6 Å². The fourth-order valence-electron chi connectivity index (χ4n) is 2.60. The zero-order valence-electron chi connectivity index (χ0n) is 12.0. The van der Waals surface area contributed by atoms with Gasteiger partial charge in [-0.25, -0.2) is 0 Å². The van der Waals surface area contributed by atoms with Crippen LogP contribution in [0.1, 0.15) is 29.1 Å². The minimum absolute atomic E-state index is 0.593. The van der Waals surface area contributed by atoms with Crippen LogP contribution in [-0.2, 0) is 19.3 Å². The van der Waals surface area contributed by atoms with Crippen molar-refractivity contribution in [1.82, 2.24) is 15.0 Å². The number of aromatic nitrogens is 2. The van der Waals surface area contributed by atoms with Crippen molar-refractivity contribution in [3.63, 3.8) is 0 Å². The van der Waals surface area contributed by atoms with E-state index in [9.17, 15) is 0 Å². The molecule has 0 spiro atoms. The Hall–Kier alpha value is -1.40. The maximum atomic E-state index is 6.17. The quantitative estimate of drug-likeness (QED) is 0.937. The number of nitrogens with zero attached hydrogens (tertiary/aromatic N) is 3. The zero-order valence-corrected chi connectivity index (χ0v) is 12.8. The molecule has 0 bridgehead atoms. The lowest BCUT2D eigenvalue weighted by atomic mass is 9.95. The SMILES string of the molecule is CN(C)CCc1noc(-c2c(N)sc3c2CCCC3)n1. The first-order valence-corrected chi connectivity index (χ1v) is 7.84. The Morgan fingerprint density at radius 1 is 1.30 bits per heavy atom. The highest BCUT2D eigenvalue weighted by molar-refractivity contribution is 7.16. The molecule has 1 aliphatic carbocycles. The average Bonchev–Trinajstić information content (AvgIpc) is 2.99. The van der Waals surface area contributed by atoms with Crippen LogP contribution in [0.3, 0.4) is 0 Å². The lowest BCUT2D eigenvalue weighted by molar-refractivity contribution is 0.392. The van der Waals surface area contributed by atoms with Crippen molar-refractivity contribution in [3.8, 4) is 11.5 Å². The molecule has 0 saturated heterocycles. The van der Waals surface area contributed by atoms with E-state index < -0.39 is 0 Å². The van der Waals surface area contributed by atoms with Crippen LogP contribution in [-0.4, -0.2) is 35.7 Å². The van der Waals surface area contributed by atoms with Crippen molar-refractivity contribution >= 4 is 16.3 Å². The standard InChI is InChI=1S/C14H20N4OS/c1-18(2)8-7-11-16-14(19-17-11)12-9-5-3-4-6-10(9)20-13(12)15/h3-8,15H2,1-2H3. The highest BCUT2D eigenvalue weighted by Gasteiger charge is 2.24. The summed E-state index contributed by atoms with van der Waals surface area (Å²) in [6, 6.07) is 0. The fraction of sp³-hybridized carbons (Fsp3) is 0.571. The summed E-state index contributed by atoms with van der Waals surface area (Å²) in [7, 11) is 4.07. The smallest absolute Gasteiger partial charge is 0.261 e. The van der Waals surface area contributed by atoms with Crippen molar-refractivity contribution in [2.45, 2.75) is 32.1 Å². The Kier molecular flexibility index (Phi) is 3.76. The summed E-state index contributed by atoms with van der Waals surface area (Å²) < 4.78 is 5.44. The third-order valence-corrected chi connectivity index (χ3v) is 4.78. The monoisotopic (exact) mass is 292 g/mol. The molecule has 0 aliphatic heterocycles. The molecule has 6 heteroatoms. The number of rotatable bonds is 4. The summed E-state index contributed by atoms with van der Waals surface area (Å²) in [5, 5.41) is 4.89. The van der Waals surface area contributed by atoms with Crippen LogP contribution in [0.25, 0.3) is 11.5 Å². The number of hydrogen-bond acceptors (Lipinski definition) is 6. The second kappa shape index (κ2) is 5.54. The van der Waals surface area contributed by atoms with Crippen molar-refractivity contribution in [3.05, 3.63) is 16.3 Å². The van der Waals surface area contributed by atoms with Gasteiger partial charge in [-0.15, -0.1) is 11.3 Å². The summed E-state index contributed by atoms with van der Waals surface area (Å²) in [6.07, 6.45) is 5.48. The molecule has 0 fully saturated rings. The van der Waals surface area contributed by atoms with E-state index in [0.717, 1.165) is 42.2 Å². The van der Waals surface area contributed by atoms with Gasteiger partial charge in [0.2, 0.25) is 0 Å². The summed E-state index contributed by atoms with van der Waals surface area (Å²) >= 11 is 1.68. The Labute approximate surface area is 122 Å². The third-order valence-electron chi connectivity index (χ3n) is 3.66. The van der Waals surface area contributed by atoms with E-state index in [1.165, 1.54) is 23.3 Å². The van der Waals surface area contributed by atoms with Crippen LogP contribution in [0.4, 0.5) is 5.00 Å². The van der Waals surface area contributed by atoms with Gasteiger partial charge in [0.15, 0.2) is 5.82 Å². The molecule has 108 valence electrons. The first-order chi connectivity index (χ1) is 9.65. The van der Waals surface area contributed by atoms with E-state index in [1.54, 1.807) is 11.3 Å². The average molecular weight is 292 g/mol. The summed E-state index contributed by atoms with van der Waals surface area (Å²) in [4.78, 5) is 8.02. The number of nitrogen functional groups attached to an aromatic ring is 1. The maximum absolute atomic E-state index is 6.17. The minimum Gasteiger partial charge on any atom is -0.390 e. The van der Waals surface area contributed by atoms with Gasteiger partial charge in [-0.3, -0.25) is 0 Å². The van der Waals surface area contributed by atoms with Crippen molar-refractivity contribution < 1.29 is 4.52 Å². The lowest BCUT2D eigenvalue weighted by Gasteiger charge is -2.10. The van der Waals surface area contributed by atoms with Crippen molar-refractivity contribution in [2.75, 3.05) is 26.4 Å². The minimum atomic E-state index is 0.593. The topological polar surface area (TPSA) is 68.2 Å². The van der Waals surface area contributed by atoms with E-state index in [1.807, 2.05) is 14.1 Å². The molecule has 0 atom stereocenters. The predicted molar refractivity (Wildman–Crippen MR) is 80.9 cm³/mol. The largest absolute Gasteiger partial charge is 0.390 e. The van der Waals surface area contributed by atoms with Crippen molar-refractivity contribution in [1.29, 1.82) is 0 Å².